The highest BCUT2D eigenvalue weighted by molar-refractivity contribution is 6.00. The molecule has 20 heavy (non-hydrogen) atoms. The number of nitrogens with zero attached hydrogens (tertiary/aromatic N) is 4. The summed E-state index contributed by atoms with van der Waals surface area (Å²) >= 11 is 0. The molecule has 0 radical (unpaired) electrons. The smallest absolute Gasteiger partial charge is 0.170 e. The highest BCUT2D eigenvalue weighted by atomic mass is 16.5. The number of ether oxygens (including phenoxy) is 2. The third-order valence-corrected chi connectivity index (χ3v) is 2.52. The Morgan fingerprint density at radius 1 is 1.30 bits per heavy atom. The zero-order valence-corrected chi connectivity index (χ0v) is 10.8. The Labute approximate surface area is 114 Å². The van der Waals surface area contributed by atoms with Gasteiger partial charge in [0.1, 0.15) is 12.7 Å². The van der Waals surface area contributed by atoms with Crippen LogP contribution in [0.4, 0.5) is 0 Å². The predicted octanol–water partition coefficient (Wildman–Crippen LogP) is -0.459. The van der Waals surface area contributed by atoms with Gasteiger partial charge >= 0.3 is 0 Å². The summed E-state index contributed by atoms with van der Waals surface area (Å²) in [7, 11) is 2.77. The number of carboxylic acids is 1. The molecule has 0 aliphatic heterocycles. The van der Waals surface area contributed by atoms with E-state index in [4.69, 9.17) is 9.47 Å². The van der Waals surface area contributed by atoms with E-state index in [0.717, 1.165) is 0 Å². The molecule has 0 saturated carbocycles. The molecule has 0 spiro atoms. The molecule has 0 atom stereocenters. The number of hydrogen-bond donors (Lipinski definition) is 0. The van der Waals surface area contributed by atoms with Crippen LogP contribution in [-0.2, 0) is 0 Å². The lowest BCUT2D eigenvalue weighted by atomic mass is 10.1. The Morgan fingerprint density at radius 3 is 2.55 bits per heavy atom. The maximum absolute atomic E-state index is 11.3. The molecule has 0 bridgehead atoms. The zero-order valence-electron chi connectivity index (χ0n) is 10.8. The molecule has 1 heterocycles. The van der Waals surface area contributed by atoms with Gasteiger partial charge in [0.05, 0.1) is 32.0 Å². The van der Waals surface area contributed by atoms with Crippen molar-refractivity contribution in [2.75, 3.05) is 14.2 Å². The molecule has 1 aromatic heterocycles. The van der Waals surface area contributed by atoms with Gasteiger partial charge in [-0.05, 0) is 12.1 Å². The van der Waals surface area contributed by atoms with Gasteiger partial charge in [-0.15, -0.1) is 10.2 Å². The van der Waals surface area contributed by atoms with Crippen molar-refractivity contribution in [3.05, 3.63) is 35.9 Å². The standard InChI is InChI=1S/C12H12N4O4/c1-19-9-4-3-8(5-15-16-6-13-14-7-16)10(12(17)18)11(9)20-2/h3-7H,1-2H3,(H,17,18)/p-1/b15-5-. The summed E-state index contributed by atoms with van der Waals surface area (Å²) in [5.74, 6) is -1.00. The van der Waals surface area contributed by atoms with Crippen LogP contribution in [0.15, 0.2) is 29.9 Å². The molecule has 0 N–H and O–H groups in total. The molecule has 0 aliphatic rings. The van der Waals surface area contributed by atoms with Gasteiger partial charge in [0.25, 0.3) is 0 Å². The number of aromatic nitrogens is 3. The van der Waals surface area contributed by atoms with Crippen LogP contribution in [0.2, 0.25) is 0 Å². The first kappa shape index (κ1) is 13.5. The first-order valence-corrected chi connectivity index (χ1v) is 5.52. The Morgan fingerprint density at radius 2 is 2.00 bits per heavy atom. The van der Waals surface area contributed by atoms with E-state index < -0.39 is 5.97 Å². The van der Waals surface area contributed by atoms with Crippen LogP contribution in [0, 0.1) is 0 Å². The second-order valence-electron chi connectivity index (χ2n) is 3.64. The van der Waals surface area contributed by atoms with Crippen molar-refractivity contribution >= 4 is 12.2 Å². The lowest BCUT2D eigenvalue weighted by Crippen LogP contribution is -2.25. The maximum atomic E-state index is 11.3. The number of rotatable bonds is 5. The highest BCUT2D eigenvalue weighted by Gasteiger charge is 2.14. The Hall–Kier alpha value is -2.90. The van der Waals surface area contributed by atoms with Gasteiger partial charge in [0.2, 0.25) is 0 Å². The van der Waals surface area contributed by atoms with Crippen molar-refractivity contribution in [3.63, 3.8) is 0 Å². The van der Waals surface area contributed by atoms with Crippen LogP contribution >= 0.6 is 0 Å². The third kappa shape index (κ3) is 2.58. The first-order valence-electron chi connectivity index (χ1n) is 5.52. The van der Waals surface area contributed by atoms with Crippen molar-refractivity contribution in [3.8, 4) is 11.5 Å². The van der Waals surface area contributed by atoms with Gasteiger partial charge in [0.15, 0.2) is 11.5 Å². The Balaban J connectivity index is 2.50. The molecule has 0 fully saturated rings. The molecule has 8 nitrogen and oxygen atoms in total. The molecule has 0 amide bonds. The SMILES string of the molecule is COc1ccc(/C=N\n2cnnc2)c(C(=O)[O-])c1OC. The van der Waals surface area contributed by atoms with Crippen LogP contribution in [0.1, 0.15) is 15.9 Å². The summed E-state index contributed by atoms with van der Waals surface area (Å²) < 4.78 is 11.4. The van der Waals surface area contributed by atoms with E-state index >= 15 is 0 Å². The fourth-order valence-electron chi connectivity index (χ4n) is 1.64. The average Bonchev–Trinajstić information content (AvgIpc) is 2.96. The fourth-order valence-corrected chi connectivity index (χ4v) is 1.64. The number of aromatic carboxylic acids is 1. The molecule has 8 heteroatoms. The molecule has 2 rings (SSSR count). The van der Waals surface area contributed by atoms with Gasteiger partial charge in [-0.3, -0.25) is 0 Å². The van der Waals surface area contributed by atoms with E-state index in [9.17, 15) is 9.90 Å². The maximum Gasteiger partial charge on any atom is 0.170 e. The molecule has 104 valence electrons. The minimum Gasteiger partial charge on any atom is -0.545 e. The van der Waals surface area contributed by atoms with E-state index in [1.165, 1.54) is 37.8 Å². The number of benzene rings is 1. The summed E-state index contributed by atoms with van der Waals surface area (Å²) in [5.41, 5.74) is 0.181. The van der Waals surface area contributed by atoms with E-state index in [-0.39, 0.29) is 11.3 Å². The number of carboxylic acid groups (broad SMARTS) is 1. The fraction of sp³-hybridized carbons (Fsp3) is 0.167. The van der Waals surface area contributed by atoms with E-state index in [1.807, 2.05) is 0 Å². The summed E-state index contributed by atoms with van der Waals surface area (Å²) in [6.07, 6.45) is 4.09. The Bertz CT molecular complexity index is 637. The molecular weight excluding hydrogens is 264 g/mol. The number of carbonyl (C=O) groups excluding carboxylic acids is 1. The van der Waals surface area contributed by atoms with E-state index in [1.54, 1.807) is 12.1 Å². The number of carbonyl (C=O) groups is 1. The second kappa shape index (κ2) is 5.83. The van der Waals surface area contributed by atoms with Crippen LogP contribution in [0.5, 0.6) is 11.5 Å². The molecule has 0 unspecified atom stereocenters. The van der Waals surface area contributed by atoms with Gasteiger partial charge in [-0.2, -0.15) is 5.10 Å². The van der Waals surface area contributed by atoms with Crippen LogP contribution in [0.3, 0.4) is 0 Å². The second-order valence-corrected chi connectivity index (χ2v) is 3.64. The third-order valence-electron chi connectivity index (χ3n) is 2.52. The van der Waals surface area contributed by atoms with Gasteiger partial charge in [-0.1, -0.05) is 0 Å². The molecule has 0 saturated heterocycles. The quantitative estimate of drug-likeness (QED) is 0.684. The zero-order chi connectivity index (χ0) is 14.5. The van der Waals surface area contributed by atoms with Crippen molar-refractivity contribution in [1.29, 1.82) is 0 Å². The molecular formula is C12H11N4O4-. The largest absolute Gasteiger partial charge is 0.545 e. The predicted molar refractivity (Wildman–Crippen MR) is 66.9 cm³/mol. The first-order chi connectivity index (χ1) is 9.67. The lowest BCUT2D eigenvalue weighted by molar-refractivity contribution is -0.255. The van der Waals surface area contributed by atoms with E-state index in [2.05, 4.69) is 15.3 Å². The summed E-state index contributed by atoms with van der Waals surface area (Å²) in [6, 6.07) is 3.12. The van der Waals surface area contributed by atoms with Gasteiger partial charge < -0.3 is 19.4 Å². The van der Waals surface area contributed by atoms with E-state index in [0.29, 0.717) is 11.3 Å². The summed E-state index contributed by atoms with van der Waals surface area (Å²) in [5, 5.41) is 22.4. The number of hydrogen-bond acceptors (Lipinski definition) is 7. The highest BCUT2D eigenvalue weighted by Crippen LogP contribution is 2.32. The number of methoxy groups -OCH3 is 2. The lowest BCUT2D eigenvalue weighted by Gasteiger charge is -2.15. The van der Waals surface area contributed by atoms with Crippen LogP contribution < -0.4 is 14.6 Å². The van der Waals surface area contributed by atoms with Gasteiger partial charge in [-0.25, -0.2) is 4.68 Å². The summed E-state index contributed by atoms with van der Waals surface area (Å²) in [6.45, 7) is 0. The van der Waals surface area contributed by atoms with Crippen molar-refractivity contribution < 1.29 is 19.4 Å². The molecule has 0 aliphatic carbocycles. The average molecular weight is 275 g/mol. The van der Waals surface area contributed by atoms with Gasteiger partial charge in [0, 0.05) is 5.56 Å². The summed E-state index contributed by atoms with van der Waals surface area (Å²) in [4.78, 5) is 11.3. The minimum absolute atomic E-state index is 0.0835. The van der Waals surface area contributed by atoms with Crippen molar-refractivity contribution in [1.82, 2.24) is 14.9 Å². The minimum atomic E-state index is -1.38. The van der Waals surface area contributed by atoms with Crippen molar-refractivity contribution in [2.45, 2.75) is 0 Å². The normalized spacial score (nSPS) is 10.7. The Kier molecular flexibility index (Phi) is 3.94. The van der Waals surface area contributed by atoms with Crippen LogP contribution in [0.25, 0.3) is 0 Å². The molecule has 1 aromatic carbocycles. The van der Waals surface area contributed by atoms with Crippen LogP contribution in [-0.4, -0.2) is 41.3 Å². The van der Waals surface area contributed by atoms with Crippen molar-refractivity contribution in [2.24, 2.45) is 5.10 Å². The topological polar surface area (TPSA) is 102 Å². The monoisotopic (exact) mass is 275 g/mol. The molecule has 2 aromatic rings.